The lowest BCUT2D eigenvalue weighted by Crippen LogP contribution is -2.23. The van der Waals surface area contributed by atoms with Crippen molar-refractivity contribution >= 4 is 0 Å². The number of aromatic hydroxyl groups is 1. The van der Waals surface area contributed by atoms with Crippen LogP contribution in [0.15, 0.2) is 24.4 Å². The molecule has 1 atom stereocenters. The third-order valence-corrected chi connectivity index (χ3v) is 3.10. The Morgan fingerprint density at radius 2 is 2.29 bits per heavy atom. The standard InChI is InChI=1S/C13H15N3O/c1-8(14)7-16-13-10(6-15-16)4-9-5-11(17)2-3-12(9)13/h2-3,5-6,8,17H,4,7,14H2,1H3/t8-/m0/s1. The molecular formula is C13H15N3O. The topological polar surface area (TPSA) is 64.1 Å². The van der Waals surface area contributed by atoms with Gasteiger partial charge in [0.15, 0.2) is 0 Å². The van der Waals surface area contributed by atoms with E-state index in [-0.39, 0.29) is 6.04 Å². The molecule has 0 fully saturated rings. The molecule has 0 saturated carbocycles. The summed E-state index contributed by atoms with van der Waals surface area (Å²) in [6, 6.07) is 5.58. The van der Waals surface area contributed by atoms with Gasteiger partial charge in [-0.25, -0.2) is 0 Å². The van der Waals surface area contributed by atoms with Crippen molar-refractivity contribution in [3.63, 3.8) is 0 Å². The first-order chi connectivity index (χ1) is 8.15. The smallest absolute Gasteiger partial charge is 0.115 e. The Balaban J connectivity index is 2.10. The van der Waals surface area contributed by atoms with E-state index in [2.05, 4.69) is 5.10 Å². The number of benzene rings is 1. The number of nitrogens with zero attached hydrogens (tertiary/aromatic N) is 2. The molecule has 88 valence electrons. The highest BCUT2D eigenvalue weighted by Crippen LogP contribution is 2.37. The Hall–Kier alpha value is -1.81. The van der Waals surface area contributed by atoms with E-state index >= 15 is 0 Å². The van der Waals surface area contributed by atoms with Gasteiger partial charge in [-0.1, -0.05) is 0 Å². The van der Waals surface area contributed by atoms with Crippen molar-refractivity contribution in [2.45, 2.75) is 25.9 Å². The summed E-state index contributed by atoms with van der Waals surface area (Å²) in [5.74, 6) is 0.320. The first kappa shape index (κ1) is 10.4. The second-order valence-corrected chi connectivity index (χ2v) is 4.70. The highest BCUT2D eigenvalue weighted by Gasteiger charge is 2.23. The number of phenols is 1. The highest BCUT2D eigenvalue weighted by atomic mass is 16.3. The van der Waals surface area contributed by atoms with Crippen LogP contribution < -0.4 is 5.73 Å². The molecule has 3 rings (SSSR count). The fraction of sp³-hybridized carbons (Fsp3) is 0.308. The molecule has 0 unspecified atom stereocenters. The molecule has 1 aromatic heterocycles. The molecule has 0 radical (unpaired) electrons. The van der Waals surface area contributed by atoms with Gasteiger partial charge < -0.3 is 10.8 Å². The summed E-state index contributed by atoms with van der Waals surface area (Å²) in [6.45, 7) is 2.69. The van der Waals surface area contributed by atoms with E-state index in [1.807, 2.05) is 29.9 Å². The second-order valence-electron chi connectivity index (χ2n) is 4.70. The number of phenolic OH excluding ortho intramolecular Hbond substituents is 1. The number of aromatic nitrogens is 2. The maximum absolute atomic E-state index is 9.49. The molecule has 0 saturated heterocycles. The lowest BCUT2D eigenvalue weighted by atomic mass is 10.1. The predicted molar refractivity (Wildman–Crippen MR) is 65.8 cm³/mol. The maximum Gasteiger partial charge on any atom is 0.115 e. The number of hydrogen-bond acceptors (Lipinski definition) is 3. The molecule has 17 heavy (non-hydrogen) atoms. The van der Waals surface area contributed by atoms with Gasteiger partial charge in [0.1, 0.15) is 5.75 Å². The van der Waals surface area contributed by atoms with E-state index in [1.165, 1.54) is 5.56 Å². The molecule has 0 bridgehead atoms. The fourth-order valence-electron chi connectivity index (χ4n) is 2.44. The molecular weight excluding hydrogens is 214 g/mol. The van der Waals surface area contributed by atoms with E-state index in [9.17, 15) is 5.11 Å². The van der Waals surface area contributed by atoms with Crippen LogP contribution in [-0.4, -0.2) is 20.9 Å². The van der Waals surface area contributed by atoms with Crippen LogP contribution in [0.2, 0.25) is 0 Å². The van der Waals surface area contributed by atoms with Crippen molar-refractivity contribution in [3.05, 3.63) is 35.5 Å². The maximum atomic E-state index is 9.49. The molecule has 1 heterocycles. The van der Waals surface area contributed by atoms with Crippen LogP contribution in [0.4, 0.5) is 0 Å². The van der Waals surface area contributed by atoms with Crippen molar-refractivity contribution < 1.29 is 5.11 Å². The van der Waals surface area contributed by atoms with Crippen molar-refractivity contribution in [2.75, 3.05) is 0 Å². The summed E-state index contributed by atoms with van der Waals surface area (Å²) in [7, 11) is 0. The number of hydrogen-bond donors (Lipinski definition) is 2. The summed E-state index contributed by atoms with van der Waals surface area (Å²) in [6.07, 6.45) is 2.74. The van der Waals surface area contributed by atoms with E-state index in [1.54, 1.807) is 6.07 Å². The quantitative estimate of drug-likeness (QED) is 0.700. The van der Waals surface area contributed by atoms with Crippen molar-refractivity contribution in [3.8, 4) is 17.0 Å². The Labute approximate surface area is 99.7 Å². The molecule has 4 nitrogen and oxygen atoms in total. The fourth-order valence-corrected chi connectivity index (χ4v) is 2.44. The average Bonchev–Trinajstić information content (AvgIpc) is 2.77. The normalized spacial score (nSPS) is 14.5. The van der Waals surface area contributed by atoms with E-state index in [0.29, 0.717) is 5.75 Å². The zero-order valence-corrected chi connectivity index (χ0v) is 9.72. The van der Waals surface area contributed by atoms with Crippen LogP contribution in [0.1, 0.15) is 18.1 Å². The number of rotatable bonds is 2. The molecule has 3 N–H and O–H groups in total. The minimum atomic E-state index is 0.0835. The molecule has 4 heteroatoms. The van der Waals surface area contributed by atoms with Crippen LogP contribution in [0.25, 0.3) is 11.3 Å². The molecule has 1 aliphatic carbocycles. The Morgan fingerprint density at radius 1 is 1.47 bits per heavy atom. The first-order valence-corrected chi connectivity index (χ1v) is 5.77. The third kappa shape index (κ3) is 1.61. The molecule has 2 aromatic rings. The second kappa shape index (κ2) is 3.60. The summed E-state index contributed by atoms with van der Waals surface area (Å²) < 4.78 is 1.96. The van der Waals surface area contributed by atoms with Gasteiger partial charge in [-0.3, -0.25) is 4.68 Å². The van der Waals surface area contributed by atoms with Crippen LogP contribution in [0.3, 0.4) is 0 Å². The van der Waals surface area contributed by atoms with Gasteiger partial charge in [0, 0.05) is 23.6 Å². The largest absolute Gasteiger partial charge is 0.508 e. The highest BCUT2D eigenvalue weighted by molar-refractivity contribution is 5.74. The van der Waals surface area contributed by atoms with Gasteiger partial charge in [-0.15, -0.1) is 0 Å². The van der Waals surface area contributed by atoms with E-state index in [0.717, 1.165) is 29.8 Å². The van der Waals surface area contributed by atoms with Crippen LogP contribution in [0.5, 0.6) is 5.75 Å². The molecule has 0 amide bonds. The van der Waals surface area contributed by atoms with Gasteiger partial charge >= 0.3 is 0 Å². The number of nitrogens with two attached hydrogens (primary N) is 1. The Morgan fingerprint density at radius 3 is 3.06 bits per heavy atom. The SMILES string of the molecule is C[C@H](N)Cn1ncc2c1-c1ccc(O)cc1C2. The lowest BCUT2D eigenvalue weighted by Gasteiger charge is -2.09. The van der Waals surface area contributed by atoms with Gasteiger partial charge in [-0.2, -0.15) is 5.10 Å². The molecule has 0 aliphatic heterocycles. The van der Waals surface area contributed by atoms with Gasteiger partial charge in [-0.05, 0) is 30.7 Å². The third-order valence-electron chi connectivity index (χ3n) is 3.10. The molecule has 0 spiro atoms. The predicted octanol–water partition coefficient (Wildman–Crippen LogP) is 1.51. The minimum Gasteiger partial charge on any atom is -0.508 e. The van der Waals surface area contributed by atoms with Gasteiger partial charge in [0.25, 0.3) is 0 Å². The zero-order chi connectivity index (χ0) is 12.0. The summed E-state index contributed by atoms with van der Waals surface area (Å²) >= 11 is 0. The Bertz CT molecular complexity index is 572. The average molecular weight is 229 g/mol. The van der Waals surface area contributed by atoms with Crippen LogP contribution >= 0.6 is 0 Å². The summed E-state index contributed by atoms with van der Waals surface area (Å²) in [5, 5.41) is 13.9. The molecule has 1 aromatic carbocycles. The molecule has 1 aliphatic rings. The summed E-state index contributed by atoms with van der Waals surface area (Å²) in [5.41, 5.74) is 10.5. The van der Waals surface area contributed by atoms with Gasteiger partial charge in [0.2, 0.25) is 0 Å². The van der Waals surface area contributed by atoms with Crippen molar-refractivity contribution in [1.29, 1.82) is 0 Å². The minimum absolute atomic E-state index is 0.0835. The van der Waals surface area contributed by atoms with Gasteiger partial charge in [0.05, 0.1) is 18.4 Å². The van der Waals surface area contributed by atoms with Crippen molar-refractivity contribution in [2.24, 2.45) is 5.73 Å². The van der Waals surface area contributed by atoms with Crippen molar-refractivity contribution in [1.82, 2.24) is 9.78 Å². The Kier molecular flexibility index (Phi) is 2.19. The van der Waals surface area contributed by atoms with E-state index < -0.39 is 0 Å². The monoisotopic (exact) mass is 229 g/mol. The first-order valence-electron chi connectivity index (χ1n) is 5.77. The van der Waals surface area contributed by atoms with Crippen LogP contribution in [0, 0.1) is 0 Å². The lowest BCUT2D eigenvalue weighted by molar-refractivity contribution is 0.475. The van der Waals surface area contributed by atoms with Crippen LogP contribution in [-0.2, 0) is 13.0 Å². The van der Waals surface area contributed by atoms with E-state index in [4.69, 9.17) is 5.73 Å². The zero-order valence-electron chi connectivity index (χ0n) is 9.72. The summed E-state index contributed by atoms with van der Waals surface area (Å²) in [4.78, 5) is 0. The number of fused-ring (bicyclic) bond motifs is 3.